The number of aromatic nitrogens is 1. The minimum atomic E-state index is 1.00. The zero-order valence-electron chi connectivity index (χ0n) is 14.0. The maximum Gasteiger partial charge on any atom is 0.0723 e. The summed E-state index contributed by atoms with van der Waals surface area (Å²) in [4.78, 5) is 6.95. The summed E-state index contributed by atoms with van der Waals surface area (Å²) >= 11 is 0. The Morgan fingerprint density at radius 1 is 1.13 bits per heavy atom. The van der Waals surface area contributed by atoms with E-state index < -0.39 is 0 Å². The van der Waals surface area contributed by atoms with Crippen LogP contribution in [0.5, 0.6) is 0 Å². The fraction of sp³-hybridized carbons (Fsp3) is 0.474. The SMILES string of the molecule is CCCCCN1CCC(=NNc2ccnc3ccccc23)CC1. The molecule has 4 heteroatoms. The lowest BCUT2D eigenvalue weighted by Gasteiger charge is -2.27. The number of fused-ring (bicyclic) bond motifs is 1. The molecule has 0 bridgehead atoms. The Labute approximate surface area is 138 Å². The standard InChI is InChI=1S/C19H26N4/c1-2-3-6-13-23-14-10-16(11-15-23)21-22-19-9-12-20-18-8-5-4-7-17(18)19/h4-5,7-9,12H,2-3,6,10-11,13-15H2,1H3,(H,20,22). The maximum atomic E-state index is 4.65. The molecule has 0 amide bonds. The molecule has 0 saturated carbocycles. The van der Waals surface area contributed by atoms with E-state index in [1.165, 1.54) is 31.5 Å². The van der Waals surface area contributed by atoms with Gasteiger partial charge in [0.15, 0.2) is 0 Å². The highest BCUT2D eigenvalue weighted by molar-refractivity contribution is 5.92. The zero-order chi connectivity index (χ0) is 15.9. The third kappa shape index (κ3) is 4.29. The van der Waals surface area contributed by atoms with Crippen molar-refractivity contribution in [3.63, 3.8) is 0 Å². The summed E-state index contributed by atoms with van der Waals surface area (Å²) < 4.78 is 0. The van der Waals surface area contributed by atoms with Gasteiger partial charge in [-0.3, -0.25) is 10.4 Å². The molecule has 1 aromatic heterocycles. The van der Waals surface area contributed by atoms with Gasteiger partial charge in [0, 0.05) is 43.2 Å². The Morgan fingerprint density at radius 3 is 2.78 bits per heavy atom. The molecule has 0 unspecified atom stereocenters. The number of pyridine rings is 1. The fourth-order valence-corrected chi connectivity index (χ4v) is 3.06. The minimum absolute atomic E-state index is 1.00. The summed E-state index contributed by atoms with van der Waals surface area (Å²) in [6.45, 7) is 5.78. The van der Waals surface area contributed by atoms with Gasteiger partial charge in [-0.25, -0.2) is 0 Å². The van der Waals surface area contributed by atoms with Gasteiger partial charge in [0.25, 0.3) is 0 Å². The first-order valence-corrected chi connectivity index (χ1v) is 8.74. The molecule has 1 aliphatic rings. The van der Waals surface area contributed by atoms with Crippen LogP contribution in [-0.4, -0.2) is 35.2 Å². The summed E-state index contributed by atoms with van der Waals surface area (Å²) in [7, 11) is 0. The molecule has 0 spiro atoms. The van der Waals surface area contributed by atoms with Crippen LogP contribution in [0.4, 0.5) is 5.69 Å². The quantitative estimate of drug-likeness (QED) is 0.639. The molecule has 3 rings (SSSR count). The van der Waals surface area contributed by atoms with Crippen LogP contribution in [0.2, 0.25) is 0 Å². The summed E-state index contributed by atoms with van der Waals surface area (Å²) in [6, 6.07) is 10.2. The Kier molecular flexibility index (Phi) is 5.59. The van der Waals surface area contributed by atoms with E-state index in [0.717, 1.165) is 42.5 Å². The molecule has 1 fully saturated rings. The number of rotatable bonds is 6. The molecule has 0 aliphatic carbocycles. The summed E-state index contributed by atoms with van der Waals surface area (Å²) in [5.74, 6) is 0. The predicted molar refractivity (Wildman–Crippen MR) is 98.0 cm³/mol. The van der Waals surface area contributed by atoms with Crippen molar-refractivity contribution in [2.45, 2.75) is 39.0 Å². The van der Waals surface area contributed by atoms with Crippen molar-refractivity contribution in [2.24, 2.45) is 5.10 Å². The molecule has 0 atom stereocenters. The van der Waals surface area contributed by atoms with Crippen LogP contribution in [0, 0.1) is 0 Å². The van der Waals surface area contributed by atoms with Crippen molar-refractivity contribution >= 4 is 22.3 Å². The summed E-state index contributed by atoms with van der Waals surface area (Å²) in [5.41, 5.74) is 6.57. The van der Waals surface area contributed by atoms with Crippen molar-refractivity contribution in [2.75, 3.05) is 25.1 Å². The van der Waals surface area contributed by atoms with E-state index in [1.807, 2.05) is 30.5 Å². The number of benzene rings is 1. The van der Waals surface area contributed by atoms with Gasteiger partial charge in [-0.1, -0.05) is 38.0 Å². The molecular formula is C19H26N4. The monoisotopic (exact) mass is 310 g/mol. The molecule has 2 aromatic rings. The van der Waals surface area contributed by atoms with E-state index in [2.05, 4.69) is 33.4 Å². The third-order valence-corrected chi connectivity index (χ3v) is 4.49. The van der Waals surface area contributed by atoms with Crippen LogP contribution >= 0.6 is 0 Å². The first-order valence-electron chi connectivity index (χ1n) is 8.74. The molecule has 1 saturated heterocycles. The minimum Gasteiger partial charge on any atom is -0.303 e. The Bertz CT molecular complexity index is 650. The van der Waals surface area contributed by atoms with Crippen LogP contribution in [0.1, 0.15) is 39.0 Å². The first kappa shape index (κ1) is 15.9. The highest BCUT2D eigenvalue weighted by Gasteiger charge is 2.14. The predicted octanol–water partition coefficient (Wildman–Crippen LogP) is 4.29. The number of para-hydroxylation sites is 1. The van der Waals surface area contributed by atoms with E-state index in [4.69, 9.17) is 0 Å². The number of unbranched alkanes of at least 4 members (excludes halogenated alkanes) is 2. The van der Waals surface area contributed by atoms with Crippen molar-refractivity contribution in [1.82, 2.24) is 9.88 Å². The summed E-state index contributed by atoms with van der Waals surface area (Å²) in [5, 5.41) is 5.77. The van der Waals surface area contributed by atoms with Gasteiger partial charge in [0.2, 0.25) is 0 Å². The number of piperidine rings is 1. The number of nitrogens with one attached hydrogen (secondary N) is 1. The first-order chi connectivity index (χ1) is 11.4. The zero-order valence-corrected chi connectivity index (χ0v) is 14.0. The van der Waals surface area contributed by atoms with Gasteiger partial charge in [-0.05, 0) is 25.1 Å². The van der Waals surface area contributed by atoms with Crippen molar-refractivity contribution in [3.05, 3.63) is 36.5 Å². The van der Waals surface area contributed by atoms with E-state index in [0.29, 0.717) is 0 Å². The molecule has 4 nitrogen and oxygen atoms in total. The largest absolute Gasteiger partial charge is 0.303 e. The van der Waals surface area contributed by atoms with Gasteiger partial charge in [-0.15, -0.1) is 0 Å². The van der Waals surface area contributed by atoms with Gasteiger partial charge in [0.05, 0.1) is 11.2 Å². The molecule has 0 radical (unpaired) electrons. The van der Waals surface area contributed by atoms with Gasteiger partial charge < -0.3 is 4.90 Å². The molecule has 1 aromatic carbocycles. The van der Waals surface area contributed by atoms with Gasteiger partial charge in [0.1, 0.15) is 0 Å². The second-order valence-electron chi connectivity index (χ2n) is 6.21. The normalized spacial score (nSPS) is 15.8. The second kappa shape index (κ2) is 8.06. The van der Waals surface area contributed by atoms with Gasteiger partial charge >= 0.3 is 0 Å². The van der Waals surface area contributed by atoms with E-state index >= 15 is 0 Å². The number of hydrogen-bond acceptors (Lipinski definition) is 4. The molecular weight excluding hydrogens is 284 g/mol. The number of nitrogens with zero attached hydrogens (tertiary/aromatic N) is 3. The van der Waals surface area contributed by atoms with Crippen LogP contribution < -0.4 is 5.43 Å². The van der Waals surface area contributed by atoms with Gasteiger partial charge in [-0.2, -0.15) is 5.10 Å². The maximum absolute atomic E-state index is 4.65. The number of hydrogen-bond donors (Lipinski definition) is 1. The topological polar surface area (TPSA) is 40.5 Å². The number of likely N-dealkylation sites (tertiary alicyclic amines) is 1. The Balaban J connectivity index is 1.56. The van der Waals surface area contributed by atoms with E-state index in [1.54, 1.807) is 0 Å². The fourth-order valence-electron chi connectivity index (χ4n) is 3.06. The third-order valence-electron chi connectivity index (χ3n) is 4.49. The van der Waals surface area contributed by atoms with Crippen LogP contribution in [-0.2, 0) is 0 Å². The molecule has 23 heavy (non-hydrogen) atoms. The molecule has 2 heterocycles. The number of anilines is 1. The smallest absolute Gasteiger partial charge is 0.0723 e. The average Bonchev–Trinajstić information content (AvgIpc) is 2.61. The van der Waals surface area contributed by atoms with Crippen LogP contribution in [0.25, 0.3) is 10.9 Å². The molecule has 122 valence electrons. The Morgan fingerprint density at radius 2 is 1.96 bits per heavy atom. The lowest BCUT2D eigenvalue weighted by Crippen LogP contribution is -2.34. The van der Waals surface area contributed by atoms with Crippen molar-refractivity contribution < 1.29 is 0 Å². The molecule has 1 aliphatic heterocycles. The highest BCUT2D eigenvalue weighted by Crippen LogP contribution is 2.21. The van der Waals surface area contributed by atoms with E-state index in [9.17, 15) is 0 Å². The molecule has 1 N–H and O–H groups in total. The Hall–Kier alpha value is -1.94. The average molecular weight is 310 g/mol. The lowest BCUT2D eigenvalue weighted by atomic mass is 10.1. The van der Waals surface area contributed by atoms with Crippen LogP contribution in [0.15, 0.2) is 41.6 Å². The second-order valence-corrected chi connectivity index (χ2v) is 6.21. The highest BCUT2D eigenvalue weighted by atomic mass is 15.3. The lowest BCUT2D eigenvalue weighted by molar-refractivity contribution is 0.268. The van der Waals surface area contributed by atoms with Crippen molar-refractivity contribution in [1.29, 1.82) is 0 Å². The summed E-state index contributed by atoms with van der Waals surface area (Å²) in [6.07, 6.45) is 7.94. The number of hydrazone groups is 1. The van der Waals surface area contributed by atoms with Crippen molar-refractivity contribution in [3.8, 4) is 0 Å². The van der Waals surface area contributed by atoms with Crippen LogP contribution in [0.3, 0.4) is 0 Å². The van der Waals surface area contributed by atoms with E-state index in [-0.39, 0.29) is 0 Å².